The summed E-state index contributed by atoms with van der Waals surface area (Å²) >= 11 is 0. The molecule has 2 aromatic carbocycles. The molecule has 3 aromatic rings. The molecule has 1 aromatic heterocycles. The number of rotatable bonds is 3. The molecule has 1 saturated heterocycles. The van der Waals surface area contributed by atoms with Crippen molar-refractivity contribution >= 4 is 5.69 Å². The number of anilines is 1. The second-order valence-electron chi connectivity index (χ2n) is 6.38. The topological polar surface area (TPSA) is 16.1 Å². The summed E-state index contributed by atoms with van der Waals surface area (Å²) in [7, 11) is 0. The molecular weight excluding hydrogens is 292 g/mol. The molecule has 0 atom stereocenters. The highest BCUT2D eigenvalue weighted by Gasteiger charge is 2.14. The zero-order valence-electron chi connectivity index (χ0n) is 13.9. The van der Waals surface area contributed by atoms with Crippen LogP contribution in [-0.4, -0.2) is 18.1 Å². The summed E-state index contributed by atoms with van der Waals surface area (Å²) in [5.74, 6) is 0. The van der Waals surface area contributed by atoms with Crippen molar-refractivity contribution in [2.45, 2.75) is 19.3 Å². The van der Waals surface area contributed by atoms with Crippen molar-refractivity contribution in [3.05, 3.63) is 72.8 Å². The van der Waals surface area contributed by atoms with Gasteiger partial charge in [0.15, 0.2) is 0 Å². The molecule has 0 unspecified atom stereocenters. The minimum Gasteiger partial charge on any atom is -0.371 e. The molecule has 0 amide bonds. The van der Waals surface area contributed by atoms with E-state index in [9.17, 15) is 0 Å². The summed E-state index contributed by atoms with van der Waals surface area (Å²) in [5.41, 5.74) is 5.75. The van der Waals surface area contributed by atoms with E-state index in [-0.39, 0.29) is 0 Å². The maximum atomic E-state index is 4.94. The zero-order valence-corrected chi connectivity index (χ0v) is 13.9. The Morgan fingerprint density at radius 3 is 1.62 bits per heavy atom. The van der Waals surface area contributed by atoms with E-state index >= 15 is 0 Å². The molecular formula is C22H22N2. The standard InChI is InChI=1S/C22H22N2/c1-4-10-18(11-5-1)21-16-20(24-14-8-3-9-15-24)17-22(23-21)19-12-6-2-7-13-19/h1-2,4-7,10-13,16-17H,3,8-9,14-15H2. The van der Waals surface area contributed by atoms with Gasteiger partial charge in [0.1, 0.15) is 0 Å². The van der Waals surface area contributed by atoms with Gasteiger partial charge in [-0.1, -0.05) is 60.7 Å². The third-order valence-corrected chi connectivity index (χ3v) is 4.67. The Labute approximate surface area is 143 Å². The number of aromatic nitrogens is 1. The number of piperidine rings is 1. The fraction of sp³-hybridized carbons (Fsp3) is 0.227. The number of hydrogen-bond acceptors (Lipinski definition) is 2. The minimum absolute atomic E-state index is 1.05. The van der Waals surface area contributed by atoms with Gasteiger partial charge in [0.25, 0.3) is 0 Å². The van der Waals surface area contributed by atoms with Gasteiger partial charge in [-0.05, 0) is 31.4 Å². The molecule has 0 radical (unpaired) electrons. The number of nitrogens with zero attached hydrogens (tertiary/aromatic N) is 2. The molecule has 0 aliphatic carbocycles. The lowest BCUT2D eigenvalue weighted by Gasteiger charge is -2.29. The smallest absolute Gasteiger partial charge is 0.0730 e. The molecule has 120 valence electrons. The van der Waals surface area contributed by atoms with Crippen molar-refractivity contribution in [1.29, 1.82) is 0 Å². The predicted octanol–water partition coefficient (Wildman–Crippen LogP) is 5.41. The van der Waals surface area contributed by atoms with Gasteiger partial charge in [0, 0.05) is 29.9 Å². The van der Waals surface area contributed by atoms with Gasteiger partial charge >= 0.3 is 0 Å². The predicted molar refractivity (Wildman–Crippen MR) is 101 cm³/mol. The molecule has 4 rings (SSSR count). The third-order valence-electron chi connectivity index (χ3n) is 4.67. The highest BCUT2D eigenvalue weighted by Crippen LogP contribution is 2.30. The van der Waals surface area contributed by atoms with E-state index in [4.69, 9.17) is 4.98 Å². The van der Waals surface area contributed by atoms with Crippen LogP contribution >= 0.6 is 0 Å². The molecule has 2 heteroatoms. The highest BCUT2D eigenvalue weighted by atomic mass is 15.1. The van der Waals surface area contributed by atoms with Gasteiger partial charge in [0.2, 0.25) is 0 Å². The molecule has 0 saturated carbocycles. The van der Waals surface area contributed by atoms with Crippen LogP contribution in [0.2, 0.25) is 0 Å². The van der Waals surface area contributed by atoms with Crippen molar-refractivity contribution in [2.75, 3.05) is 18.0 Å². The van der Waals surface area contributed by atoms with Gasteiger partial charge in [-0.15, -0.1) is 0 Å². The molecule has 0 spiro atoms. The molecule has 1 aliphatic heterocycles. The highest BCUT2D eigenvalue weighted by molar-refractivity contribution is 5.72. The van der Waals surface area contributed by atoms with Crippen molar-refractivity contribution in [3.63, 3.8) is 0 Å². The summed E-state index contributed by atoms with van der Waals surface area (Å²) in [6.07, 6.45) is 3.91. The minimum atomic E-state index is 1.05. The normalized spacial score (nSPS) is 14.6. The average Bonchev–Trinajstić information content (AvgIpc) is 2.70. The lowest BCUT2D eigenvalue weighted by atomic mass is 10.0. The first-order valence-electron chi connectivity index (χ1n) is 8.78. The first kappa shape index (κ1) is 14.9. The summed E-state index contributed by atoms with van der Waals surface area (Å²) in [4.78, 5) is 7.45. The van der Waals surface area contributed by atoms with E-state index in [0.717, 1.165) is 24.5 Å². The average molecular weight is 314 g/mol. The number of hydrogen-bond donors (Lipinski definition) is 0. The molecule has 1 fully saturated rings. The van der Waals surface area contributed by atoms with Gasteiger partial charge in [-0.2, -0.15) is 0 Å². The van der Waals surface area contributed by atoms with Crippen LogP contribution in [0.3, 0.4) is 0 Å². The Morgan fingerprint density at radius 2 is 1.12 bits per heavy atom. The van der Waals surface area contributed by atoms with Crippen LogP contribution in [0.15, 0.2) is 72.8 Å². The molecule has 2 nitrogen and oxygen atoms in total. The Hall–Kier alpha value is -2.61. The largest absolute Gasteiger partial charge is 0.371 e. The van der Waals surface area contributed by atoms with Gasteiger partial charge in [-0.3, -0.25) is 0 Å². The fourth-order valence-corrected chi connectivity index (χ4v) is 3.36. The summed E-state index contributed by atoms with van der Waals surface area (Å²) in [6.45, 7) is 2.29. The Morgan fingerprint density at radius 1 is 0.625 bits per heavy atom. The van der Waals surface area contributed by atoms with Crippen LogP contribution in [-0.2, 0) is 0 Å². The first-order valence-corrected chi connectivity index (χ1v) is 8.78. The second-order valence-corrected chi connectivity index (χ2v) is 6.38. The summed E-state index contributed by atoms with van der Waals surface area (Å²) < 4.78 is 0. The zero-order chi connectivity index (χ0) is 16.2. The lowest BCUT2D eigenvalue weighted by molar-refractivity contribution is 0.578. The van der Waals surface area contributed by atoms with Crippen molar-refractivity contribution < 1.29 is 0 Å². The Bertz CT molecular complexity index is 733. The Kier molecular flexibility index (Phi) is 4.28. The van der Waals surface area contributed by atoms with Gasteiger partial charge in [-0.25, -0.2) is 4.98 Å². The maximum absolute atomic E-state index is 4.94. The monoisotopic (exact) mass is 314 g/mol. The molecule has 1 aliphatic rings. The molecule has 0 bridgehead atoms. The molecule has 0 N–H and O–H groups in total. The fourth-order valence-electron chi connectivity index (χ4n) is 3.36. The molecule has 2 heterocycles. The van der Waals surface area contributed by atoms with Crippen LogP contribution in [0.1, 0.15) is 19.3 Å². The number of benzene rings is 2. The van der Waals surface area contributed by atoms with Crippen LogP contribution in [0.5, 0.6) is 0 Å². The quantitative estimate of drug-likeness (QED) is 0.643. The van der Waals surface area contributed by atoms with E-state index < -0.39 is 0 Å². The second kappa shape index (κ2) is 6.88. The maximum Gasteiger partial charge on any atom is 0.0730 e. The summed E-state index contributed by atoms with van der Waals surface area (Å²) in [5, 5.41) is 0. The van der Waals surface area contributed by atoms with Crippen molar-refractivity contribution in [1.82, 2.24) is 4.98 Å². The Balaban J connectivity index is 1.81. The summed E-state index contributed by atoms with van der Waals surface area (Å²) in [6, 6.07) is 25.4. The van der Waals surface area contributed by atoms with E-state index in [1.165, 1.54) is 36.1 Å². The van der Waals surface area contributed by atoms with E-state index in [1.54, 1.807) is 0 Å². The first-order chi connectivity index (χ1) is 11.9. The van der Waals surface area contributed by atoms with Crippen LogP contribution < -0.4 is 4.90 Å². The van der Waals surface area contributed by atoms with Gasteiger partial charge in [0.05, 0.1) is 11.4 Å². The van der Waals surface area contributed by atoms with Crippen molar-refractivity contribution in [2.24, 2.45) is 0 Å². The van der Waals surface area contributed by atoms with E-state index in [0.29, 0.717) is 0 Å². The van der Waals surface area contributed by atoms with Crippen molar-refractivity contribution in [3.8, 4) is 22.5 Å². The van der Waals surface area contributed by atoms with Crippen LogP contribution in [0.25, 0.3) is 22.5 Å². The SMILES string of the molecule is c1ccc(-c2cc(N3CCCCC3)cc(-c3ccccc3)n2)cc1. The van der Waals surface area contributed by atoms with E-state index in [1.807, 2.05) is 0 Å². The van der Waals surface area contributed by atoms with Crippen LogP contribution in [0, 0.1) is 0 Å². The lowest BCUT2D eigenvalue weighted by Crippen LogP contribution is -2.29. The third kappa shape index (κ3) is 3.18. The number of pyridine rings is 1. The van der Waals surface area contributed by atoms with Crippen LogP contribution in [0.4, 0.5) is 5.69 Å². The molecule has 24 heavy (non-hydrogen) atoms. The van der Waals surface area contributed by atoms with E-state index in [2.05, 4.69) is 77.7 Å². The van der Waals surface area contributed by atoms with Gasteiger partial charge < -0.3 is 4.90 Å².